The molecule has 1 atom stereocenters. The number of hydrogen-bond donors (Lipinski definition) is 1. The fourth-order valence-electron chi connectivity index (χ4n) is 4.16. The first-order valence-corrected chi connectivity index (χ1v) is 10.2. The molecule has 4 rings (SSSR count). The predicted octanol–water partition coefficient (Wildman–Crippen LogP) is 5.65. The number of anilines is 1. The van der Waals surface area contributed by atoms with E-state index in [1.165, 1.54) is 22.3 Å². The molecule has 0 bridgehead atoms. The van der Waals surface area contributed by atoms with Crippen molar-refractivity contribution in [3.05, 3.63) is 95.1 Å². The number of aryl methyl sites for hydroxylation is 2. The molecule has 29 heavy (non-hydrogen) atoms. The minimum absolute atomic E-state index is 0.0401. The van der Waals surface area contributed by atoms with Crippen LogP contribution >= 0.6 is 0 Å². The Morgan fingerprint density at radius 1 is 0.931 bits per heavy atom. The van der Waals surface area contributed by atoms with Crippen LogP contribution in [0.2, 0.25) is 0 Å². The minimum Gasteiger partial charge on any atom is -0.492 e. The first-order chi connectivity index (χ1) is 14.0. The summed E-state index contributed by atoms with van der Waals surface area (Å²) in [5.41, 5.74) is 5.30. The van der Waals surface area contributed by atoms with Crippen LogP contribution in [0.3, 0.4) is 0 Å². The standard InChI is InChI=1S/C26H27NO2/c1-4-29-24-8-6-5-7-23(24)27-25(28)22-17-26(22,20-13-9-18(2)10-14-20)21-15-11-19(3)12-16-21/h5-16,22H,4,17H2,1-3H3,(H,27,28)/t22-/m1/s1. The molecule has 0 aromatic heterocycles. The first-order valence-electron chi connectivity index (χ1n) is 10.2. The molecule has 0 spiro atoms. The van der Waals surface area contributed by atoms with Crippen LogP contribution in [0.1, 0.15) is 35.6 Å². The van der Waals surface area contributed by atoms with Crippen LogP contribution in [0.5, 0.6) is 5.75 Å². The van der Waals surface area contributed by atoms with Crippen molar-refractivity contribution in [3.8, 4) is 5.75 Å². The van der Waals surface area contributed by atoms with Gasteiger partial charge >= 0.3 is 0 Å². The molecule has 1 amide bonds. The highest BCUT2D eigenvalue weighted by Gasteiger charge is 2.60. The Morgan fingerprint density at radius 2 is 1.48 bits per heavy atom. The lowest BCUT2D eigenvalue weighted by atomic mass is 9.85. The Bertz CT molecular complexity index is 960. The van der Waals surface area contributed by atoms with Crippen molar-refractivity contribution in [3.63, 3.8) is 0 Å². The maximum Gasteiger partial charge on any atom is 0.228 e. The van der Waals surface area contributed by atoms with Crippen molar-refractivity contribution in [1.82, 2.24) is 0 Å². The van der Waals surface area contributed by atoms with Gasteiger partial charge in [-0.2, -0.15) is 0 Å². The molecule has 0 radical (unpaired) electrons. The molecule has 1 aliphatic rings. The van der Waals surface area contributed by atoms with Gasteiger partial charge in [-0.1, -0.05) is 71.8 Å². The lowest BCUT2D eigenvalue weighted by molar-refractivity contribution is -0.117. The fourth-order valence-corrected chi connectivity index (χ4v) is 4.16. The van der Waals surface area contributed by atoms with Crippen molar-refractivity contribution in [2.45, 2.75) is 32.6 Å². The van der Waals surface area contributed by atoms with Crippen LogP contribution in [0.25, 0.3) is 0 Å². The maximum atomic E-state index is 13.3. The van der Waals surface area contributed by atoms with Crippen molar-refractivity contribution in [2.75, 3.05) is 11.9 Å². The van der Waals surface area contributed by atoms with Gasteiger partial charge in [-0.15, -0.1) is 0 Å². The highest BCUT2D eigenvalue weighted by molar-refractivity contribution is 5.98. The van der Waals surface area contributed by atoms with Gasteiger partial charge in [-0.25, -0.2) is 0 Å². The molecule has 1 saturated carbocycles. The molecule has 0 heterocycles. The molecule has 1 aliphatic carbocycles. The third kappa shape index (κ3) is 3.65. The average Bonchev–Trinajstić information content (AvgIpc) is 3.48. The summed E-state index contributed by atoms with van der Waals surface area (Å²) >= 11 is 0. The van der Waals surface area contributed by atoms with E-state index in [1.54, 1.807) is 0 Å². The molecule has 0 aliphatic heterocycles. The number of nitrogens with one attached hydrogen (secondary N) is 1. The molecular weight excluding hydrogens is 358 g/mol. The number of benzene rings is 3. The zero-order valence-electron chi connectivity index (χ0n) is 17.2. The molecule has 148 valence electrons. The van der Waals surface area contributed by atoms with E-state index in [2.05, 4.69) is 67.7 Å². The van der Waals surface area contributed by atoms with Gasteiger partial charge in [0.1, 0.15) is 5.75 Å². The van der Waals surface area contributed by atoms with Crippen LogP contribution < -0.4 is 10.1 Å². The first kappa shape index (κ1) is 19.3. The summed E-state index contributed by atoms with van der Waals surface area (Å²) in [6, 6.07) is 24.8. The number of carbonyl (C=O) groups excluding carboxylic acids is 1. The number of amides is 1. The number of para-hydroxylation sites is 2. The number of hydrogen-bond acceptors (Lipinski definition) is 2. The van der Waals surface area contributed by atoms with Gasteiger partial charge in [0.05, 0.1) is 18.2 Å². The third-order valence-corrected chi connectivity index (χ3v) is 5.86. The Hall–Kier alpha value is -3.07. The topological polar surface area (TPSA) is 38.3 Å². The fraction of sp³-hybridized carbons (Fsp3) is 0.269. The quantitative estimate of drug-likeness (QED) is 0.596. The smallest absolute Gasteiger partial charge is 0.228 e. The molecule has 3 aromatic rings. The van der Waals surface area contributed by atoms with E-state index in [1.807, 2.05) is 31.2 Å². The van der Waals surface area contributed by atoms with Crippen LogP contribution in [-0.4, -0.2) is 12.5 Å². The van der Waals surface area contributed by atoms with E-state index in [9.17, 15) is 4.79 Å². The number of ether oxygens (including phenoxy) is 1. The second-order valence-corrected chi connectivity index (χ2v) is 7.88. The molecular formula is C26H27NO2. The lowest BCUT2D eigenvalue weighted by Crippen LogP contribution is -2.22. The van der Waals surface area contributed by atoms with Crippen LogP contribution in [0.15, 0.2) is 72.8 Å². The Labute approximate surface area is 172 Å². The van der Waals surface area contributed by atoms with Gasteiger partial charge in [-0.3, -0.25) is 4.79 Å². The summed E-state index contributed by atoms with van der Waals surface area (Å²) in [4.78, 5) is 13.3. The Balaban J connectivity index is 1.66. The highest BCUT2D eigenvalue weighted by Crippen LogP contribution is 2.59. The normalized spacial score (nSPS) is 16.9. The number of carbonyl (C=O) groups is 1. The maximum absolute atomic E-state index is 13.3. The lowest BCUT2D eigenvalue weighted by Gasteiger charge is -2.20. The molecule has 1 N–H and O–H groups in total. The summed E-state index contributed by atoms with van der Waals surface area (Å²) < 4.78 is 5.67. The summed E-state index contributed by atoms with van der Waals surface area (Å²) in [5, 5.41) is 3.11. The molecule has 1 fully saturated rings. The third-order valence-electron chi connectivity index (χ3n) is 5.86. The zero-order chi connectivity index (χ0) is 20.4. The van der Waals surface area contributed by atoms with Gasteiger partial charge in [0.2, 0.25) is 5.91 Å². The van der Waals surface area contributed by atoms with Crippen LogP contribution in [0, 0.1) is 19.8 Å². The Kier molecular flexibility index (Phi) is 5.14. The molecule has 3 nitrogen and oxygen atoms in total. The molecule has 0 unspecified atom stereocenters. The van der Waals surface area contributed by atoms with Crippen LogP contribution in [0.4, 0.5) is 5.69 Å². The predicted molar refractivity (Wildman–Crippen MR) is 117 cm³/mol. The van der Waals surface area contributed by atoms with Gasteiger partial charge in [0.15, 0.2) is 0 Å². The number of rotatable bonds is 6. The molecule has 3 aromatic carbocycles. The van der Waals surface area contributed by atoms with Crippen molar-refractivity contribution in [2.24, 2.45) is 5.92 Å². The summed E-state index contributed by atoms with van der Waals surface area (Å²) in [6.07, 6.45) is 0.807. The summed E-state index contributed by atoms with van der Waals surface area (Å²) in [6.45, 7) is 6.68. The van der Waals surface area contributed by atoms with E-state index in [4.69, 9.17) is 4.74 Å². The SMILES string of the molecule is CCOc1ccccc1NC(=O)[C@H]1CC1(c1ccc(C)cc1)c1ccc(C)cc1. The van der Waals surface area contributed by atoms with E-state index < -0.39 is 0 Å². The minimum atomic E-state index is -0.272. The molecule has 0 saturated heterocycles. The van der Waals surface area contributed by atoms with E-state index >= 15 is 0 Å². The monoisotopic (exact) mass is 385 g/mol. The summed E-state index contributed by atoms with van der Waals surface area (Å²) in [7, 11) is 0. The average molecular weight is 386 g/mol. The van der Waals surface area contributed by atoms with Crippen molar-refractivity contribution in [1.29, 1.82) is 0 Å². The van der Waals surface area contributed by atoms with E-state index in [0.717, 1.165) is 12.1 Å². The van der Waals surface area contributed by atoms with Crippen LogP contribution in [-0.2, 0) is 10.2 Å². The molecule has 3 heteroatoms. The zero-order valence-corrected chi connectivity index (χ0v) is 17.2. The van der Waals surface area contributed by atoms with Gasteiger partial charge in [-0.05, 0) is 50.5 Å². The van der Waals surface area contributed by atoms with Gasteiger partial charge in [0, 0.05) is 5.41 Å². The van der Waals surface area contributed by atoms with Crippen molar-refractivity contribution < 1.29 is 9.53 Å². The van der Waals surface area contributed by atoms with E-state index in [-0.39, 0.29) is 17.2 Å². The highest BCUT2D eigenvalue weighted by atomic mass is 16.5. The van der Waals surface area contributed by atoms with Gasteiger partial charge < -0.3 is 10.1 Å². The van der Waals surface area contributed by atoms with Crippen molar-refractivity contribution >= 4 is 11.6 Å². The van der Waals surface area contributed by atoms with Gasteiger partial charge in [0.25, 0.3) is 0 Å². The second kappa shape index (κ2) is 7.75. The Morgan fingerprint density at radius 3 is 2.03 bits per heavy atom. The second-order valence-electron chi connectivity index (χ2n) is 7.88. The largest absolute Gasteiger partial charge is 0.492 e. The summed E-state index contributed by atoms with van der Waals surface area (Å²) in [5.74, 6) is 0.640. The van der Waals surface area contributed by atoms with E-state index in [0.29, 0.717) is 12.4 Å².